The Hall–Kier alpha value is -2.31. The number of hydrogen-bond acceptors (Lipinski definition) is 5. The molecule has 7 nitrogen and oxygen atoms in total. The standard InChI is InChI=1S/C9H14N2.C7H14O.C2H4O2.CH4N2/c1-9(2,3)4-8-5-10-7-11-6-8;1-6(8)5-7(2,3)4;1-2(3)4;2-1-3/h5-7H,4H2,1-3H3;5H2,1-4H3;1H3,(H,3,4);1H,(H3,2,3). The fourth-order valence-corrected chi connectivity index (χ4v) is 1.78. The summed E-state index contributed by atoms with van der Waals surface area (Å²) in [5.41, 5.74) is 6.09. The van der Waals surface area contributed by atoms with E-state index in [4.69, 9.17) is 15.3 Å². The molecule has 0 atom stereocenters. The minimum absolute atomic E-state index is 0.172. The lowest BCUT2D eigenvalue weighted by Gasteiger charge is -2.16. The smallest absolute Gasteiger partial charge is 0.300 e. The number of carboxylic acid groups (broad SMARTS) is 1. The second-order valence-corrected chi connectivity index (χ2v) is 8.11. The fraction of sp³-hybridized carbons (Fsp3) is 0.632. The van der Waals surface area contributed by atoms with E-state index in [-0.39, 0.29) is 11.2 Å². The van der Waals surface area contributed by atoms with E-state index in [0.29, 0.717) is 11.8 Å². The lowest BCUT2D eigenvalue weighted by Crippen LogP contribution is -2.09. The lowest BCUT2D eigenvalue weighted by molar-refractivity contribution is -0.134. The van der Waals surface area contributed by atoms with Gasteiger partial charge in [0.15, 0.2) is 0 Å². The van der Waals surface area contributed by atoms with E-state index in [1.54, 1.807) is 13.3 Å². The normalized spacial score (nSPS) is 9.85. The summed E-state index contributed by atoms with van der Waals surface area (Å²) in [5, 5.41) is 13.3. The summed E-state index contributed by atoms with van der Waals surface area (Å²) in [7, 11) is 0. The van der Waals surface area contributed by atoms with Gasteiger partial charge in [0.05, 0.1) is 6.34 Å². The van der Waals surface area contributed by atoms with E-state index in [1.807, 2.05) is 12.4 Å². The minimum Gasteiger partial charge on any atom is -0.481 e. The van der Waals surface area contributed by atoms with Crippen LogP contribution in [0.25, 0.3) is 0 Å². The first-order valence-corrected chi connectivity index (χ1v) is 8.28. The molecule has 4 N–H and O–H groups in total. The molecule has 1 rings (SSSR count). The second-order valence-electron chi connectivity index (χ2n) is 8.11. The van der Waals surface area contributed by atoms with Crippen LogP contribution >= 0.6 is 0 Å². The third kappa shape index (κ3) is 37.7. The summed E-state index contributed by atoms with van der Waals surface area (Å²) < 4.78 is 0. The molecule has 0 saturated heterocycles. The fourth-order valence-electron chi connectivity index (χ4n) is 1.78. The highest BCUT2D eigenvalue weighted by Crippen LogP contribution is 2.19. The molecule has 0 spiro atoms. The van der Waals surface area contributed by atoms with Gasteiger partial charge in [-0.2, -0.15) is 0 Å². The van der Waals surface area contributed by atoms with E-state index in [2.05, 4.69) is 57.2 Å². The third-order valence-electron chi connectivity index (χ3n) is 2.13. The topological polar surface area (TPSA) is 130 Å². The Morgan fingerprint density at radius 2 is 1.42 bits per heavy atom. The van der Waals surface area contributed by atoms with Crippen molar-refractivity contribution in [2.45, 2.75) is 68.2 Å². The highest BCUT2D eigenvalue weighted by Gasteiger charge is 2.11. The van der Waals surface area contributed by atoms with Crippen LogP contribution in [0.1, 0.15) is 67.4 Å². The minimum atomic E-state index is -0.833. The van der Waals surface area contributed by atoms with Gasteiger partial charge in [-0.1, -0.05) is 41.5 Å². The first-order valence-electron chi connectivity index (χ1n) is 8.28. The van der Waals surface area contributed by atoms with Crippen molar-refractivity contribution in [1.29, 1.82) is 5.41 Å². The van der Waals surface area contributed by atoms with Gasteiger partial charge < -0.3 is 15.6 Å². The molecule has 0 aromatic carbocycles. The molecule has 0 amide bonds. The molecule has 0 fully saturated rings. The maximum atomic E-state index is 10.5. The van der Waals surface area contributed by atoms with Crippen molar-refractivity contribution < 1.29 is 14.7 Å². The number of nitrogens with two attached hydrogens (primary N) is 1. The average Bonchev–Trinajstić information content (AvgIpc) is 2.35. The third-order valence-corrected chi connectivity index (χ3v) is 2.13. The number of carboxylic acids is 1. The van der Waals surface area contributed by atoms with Crippen molar-refractivity contribution >= 4 is 18.1 Å². The van der Waals surface area contributed by atoms with Gasteiger partial charge in [-0.25, -0.2) is 9.97 Å². The zero-order chi connectivity index (χ0) is 21.4. The second kappa shape index (κ2) is 15.0. The summed E-state index contributed by atoms with van der Waals surface area (Å²) in [6.07, 6.45) is 7.78. The molecule has 26 heavy (non-hydrogen) atoms. The molecule has 0 bridgehead atoms. The number of aliphatic carboxylic acids is 1. The van der Waals surface area contributed by atoms with E-state index in [9.17, 15) is 4.79 Å². The Balaban J connectivity index is -0.000000309. The monoisotopic (exact) mass is 368 g/mol. The van der Waals surface area contributed by atoms with Crippen LogP contribution in [0.5, 0.6) is 0 Å². The van der Waals surface area contributed by atoms with Crippen LogP contribution in [0.3, 0.4) is 0 Å². The molecule has 1 heterocycles. The van der Waals surface area contributed by atoms with E-state index < -0.39 is 5.97 Å². The van der Waals surface area contributed by atoms with E-state index >= 15 is 0 Å². The number of nitrogens with zero attached hydrogens (tertiary/aromatic N) is 2. The molecule has 7 heteroatoms. The molecule has 1 aromatic rings. The number of hydrogen-bond donors (Lipinski definition) is 3. The van der Waals surface area contributed by atoms with Gasteiger partial charge in [0.1, 0.15) is 12.1 Å². The molecule has 1 aromatic heterocycles. The van der Waals surface area contributed by atoms with Crippen molar-refractivity contribution in [2.24, 2.45) is 16.6 Å². The Morgan fingerprint density at radius 3 is 1.62 bits per heavy atom. The Morgan fingerprint density at radius 1 is 1.08 bits per heavy atom. The summed E-state index contributed by atoms with van der Waals surface area (Å²) in [4.78, 5) is 27.4. The predicted molar refractivity (Wildman–Crippen MR) is 106 cm³/mol. The first-order chi connectivity index (χ1) is 11.6. The van der Waals surface area contributed by atoms with Crippen LogP contribution in [0.15, 0.2) is 18.7 Å². The Bertz CT molecular complexity index is 500. The van der Waals surface area contributed by atoms with Gasteiger partial charge in [-0.05, 0) is 29.7 Å². The Kier molecular flexibility index (Phi) is 16.4. The van der Waals surface area contributed by atoms with Crippen molar-refractivity contribution in [3.05, 3.63) is 24.3 Å². The van der Waals surface area contributed by atoms with Gasteiger partial charge >= 0.3 is 0 Å². The van der Waals surface area contributed by atoms with Crippen LogP contribution in [0, 0.1) is 16.2 Å². The van der Waals surface area contributed by atoms with Crippen molar-refractivity contribution in [2.75, 3.05) is 0 Å². The number of carbonyl (C=O) groups is 2. The predicted octanol–water partition coefficient (Wildman–Crippen LogP) is 3.72. The molecule has 150 valence electrons. The maximum absolute atomic E-state index is 10.5. The molecule has 0 aliphatic heterocycles. The first kappa shape index (κ1) is 28.5. The number of rotatable bonds is 2. The molecule has 0 unspecified atom stereocenters. The van der Waals surface area contributed by atoms with E-state index in [0.717, 1.165) is 19.7 Å². The summed E-state index contributed by atoms with van der Waals surface area (Å²) in [6.45, 7) is 15.5. The van der Waals surface area contributed by atoms with Gasteiger partial charge in [-0.15, -0.1) is 0 Å². The van der Waals surface area contributed by atoms with Crippen molar-refractivity contribution in [3.63, 3.8) is 0 Å². The van der Waals surface area contributed by atoms with Gasteiger partial charge in [0.2, 0.25) is 0 Å². The number of Topliss-reactive ketones (excluding diaryl/α,β-unsaturated/α-hetero) is 1. The van der Waals surface area contributed by atoms with Gasteiger partial charge in [-0.3, -0.25) is 10.2 Å². The molecule has 0 saturated carbocycles. The zero-order valence-corrected chi connectivity index (χ0v) is 17.5. The molecule has 0 aliphatic rings. The van der Waals surface area contributed by atoms with Crippen LogP contribution < -0.4 is 5.73 Å². The highest BCUT2D eigenvalue weighted by atomic mass is 16.4. The largest absolute Gasteiger partial charge is 0.481 e. The van der Waals surface area contributed by atoms with E-state index in [1.165, 1.54) is 5.56 Å². The van der Waals surface area contributed by atoms with Crippen LogP contribution in [-0.4, -0.2) is 33.2 Å². The van der Waals surface area contributed by atoms with Gasteiger partial charge in [0, 0.05) is 25.7 Å². The average molecular weight is 369 g/mol. The number of aromatic nitrogens is 2. The molecular formula is C19H36N4O3. The summed E-state index contributed by atoms with van der Waals surface area (Å²) in [6, 6.07) is 0. The maximum Gasteiger partial charge on any atom is 0.300 e. The zero-order valence-electron chi connectivity index (χ0n) is 17.5. The number of carbonyl (C=O) groups excluding carboxylic acids is 1. The highest BCUT2D eigenvalue weighted by molar-refractivity contribution is 5.76. The molecule has 0 radical (unpaired) electrons. The van der Waals surface area contributed by atoms with Crippen molar-refractivity contribution in [1.82, 2.24) is 9.97 Å². The van der Waals surface area contributed by atoms with Crippen molar-refractivity contribution in [3.8, 4) is 0 Å². The SMILES string of the molecule is CC(=O)CC(C)(C)C.CC(=O)O.CC(C)(C)Cc1cncnc1.N=CN. The molecule has 0 aliphatic carbocycles. The summed E-state index contributed by atoms with van der Waals surface area (Å²) >= 11 is 0. The lowest BCUT2D eigenvalue weighted by atomic mass is 9.89. The Labute approximate surface area is 158 Å². The van der Waals surface area contributed by atoms with Crippen LogP contribution in [0.2, 0.25) is 0 Å². The molecular weight excluding hydrogens is 332 g/mol. The van der Waals surface area contributed by atoms with Crippen LogP contribution in [0.4, 0.5) is 0 Å². The quantitative estimate of drug-likeness (QED) is 0.538. The van der Waals surface area contributed by atoms with Gasteiger partial charge in [0.25, 0.3) is 5.97 Å². The summed E-state index contributed by atoms with van der Waals surface area (Å²) in [5.74, 6) is -0.558. The van der Waals surface area contributed by atoms with Crippen LogP contribution in [-0.2, 0) is 16.0 Å². The number of nitrogens with one attached hydrogen (secondary N) is 1. The number of ketones is 1.